The molecule has 0 N–H and O–H groups in total. The third-order valence-corrected chi connectivity index (χ3v) is 4.55. The number of hydrogen-bond acceptors (Lipinski definition) is 6. The summed E-state index contributed by atoms with van der Waals surface area (Å²) < 4.78 is 9.78. The smallest absolute Gasteiger partial charge is 0.337 e. The number of ether oxygens (including phenoxy) is 2. The van der Waals surface area contributed by atoms with Gasteiger partial charge in [0.15, 0.2) is 0 Å². The molecule has 8 heteroatoms. The second-order valence-corrected chi connectivity index (χ2v) is 6.58. The number of methoxy groups -OCH3 is 1. The number of hydrogen-bond donors (Lipinski definition) is 0. The first-order chi connectivity index (χ1) is 13.8. The van der Waals surface area contributed by atoms with Crippen LogP contribution in [0.1, 0.15) is 22.8 Å². The van der Waals surface area contributed by atoms with E-state index in [0.29, 0.717) is 11.3 Å². The van der Waals surface area contributed by atoms with E-state index in [4.69, 9.17) is 4.74 Å². The van der Waals surface area contributed by atoms with Crippen molar-refractivity contribution >= 4 is 29.6 Å². The Morgan fingerprint density at radius 1 is 1.00 bits per heavy atom. The van der Waals surface area contributed by atoms with Crippen molar-refractivity contribution in [1.29, 1.82) is 0 Å². The SMILES string of the molecule is COC(=O)c1ccc(OC(=O)CN2C(=O)[C@H](C)N(c3ccc(C)cc3)C2=O)cc1. The molecule has 29 heavy (non-hydrogen) atoms. The number of esters is 2. The minimum atomic E-state index is -0.768. The summed E-state index contributed by atoms with van der Waals surface area (Å²) in [5.74, 6) is -1.57. The molecule has 1 aliphatic heterocycles. The number of urea groups is 1. The van der Waals surface area contributed by atoms with Crippen LogP contribution in [0.5, 0.6) is 5.75 Å². The normalized spacial score (nSPS) is 16.2. The highest BCUT2D eigenvalue weighted by molar-refractivity contribution is 6.15. The van der Waals surface area contributed by atoms with Crippen molar-refractivity contribution in [1.82, 2.24) is 4.90 Å². The predicted molar refractivity (Wildman–Crippen MR) is 104 cm³/mol. The first kappa shape index (κ1) is 20.1. The van der Waals surface area contributed by atoms with Gasteiger partial charge in [0.1, 0.15) is 18.3 Å². The van der Waals surface area contributed by atoms with E-state index in [1.54, 1.807) is 19.1 Å². The molecule has 0 aromatic heterocycles. The molecule has 1 saturated heterocycles. The van der Waals surface area contributed by atoms with Gasteiger partial charge in [0.25, 0.3) is 5.91 Å². The lowest BCUT2D eigenvalue weighted by Gasteiger charge is -2.19. The van der Waals surface area contributed by atoms with Crippen LogP contribution in [-0.4, -0.2) is 48.5 Å². The Hall–Kier alpha value is -3.68. The number of imide groups is 1. The second-order valence-electron chi connectivity index (χ2n) is 6.58. The first-order valence-electron chi connectivity index (χ1n) is 8.92. The van der Waals surface area contributed by atoms with Crippen LogP contribution in [0, 0.1) is 6.92 Å². The molecule has 2 aromatic carbocycles. The summed E-state index contributed by atoms with van der Waals surface area (Å²) >= 11 is 0. The van der Waals surface area contributed by atoms with Gasteiger partial charge in [0.05, 0.1) is 12.7 Å². The summed E-state index contributed by atoms with van der Waals surface area (Å²) in [7, 11) is 1.27. The number of aryl methyl sites for hydroxylation is 1. The minimum absolute atomic E-state index is 0.185. The number of nitrogens with zero attached hydrogens (tertiary/aromatic N) is 2. The average molecular weight is 396 g/mol. The van der Waals surface area contributed by atoms with Crippen molar-refractivity contribution in [3.8, 4) is 5.75 Å². The molecule has 1 aliphatic rings. The zero-order chi connectivity index (χ0) is 21.1. The molecule has 0 spiro atoms. The third-order valence-electron chi connectivity index (χ3n) is 4.55. The Morgan fingerprint density at radius 2 is 1.62 bits per heavy atom. The molecule has 0 aliphatic carbocycles. The summed E-state index contributed by atoms with van der Waals surface area (Å²) in [6.45, 7) is 3.02. The van der Waals surface area contributed by atoms with Gasteiger partial charge in [-0.25, -0.2) is 14.4 Å². The summed E-state index contributed by atoms with van der Waals surface area (Å²) in [5, 5.41) is 0. The Morgan fingerprint density at radius 3 is 2.21 bits per heavy atom. The maximum absolute atomic E-state index is 12.7. The van der Waals surface area contributed by atoms with Crippen LogP contribution in [-0.2, 0) is 14.3 Å². The third kappa shape index (κ3) is 4.11. The van der Waals surface area contributed by atoms with Gasteiger partial charge in [-0.05, 0) is 50.2 Å². The number of rotatable bonds is 5. The molecule has 1 heterocycles. The van der Waals surface area contributed by atoms with Crippen molar-refractivity contribution in [2.75, 3.05) is 18.6 Å². The quantitative estimate of drug-likeness (QED) is 0.438. The second kappa shape index (κ2) is 8.14. The maximum Gasteiger partial charge on any atom is 0.337 e. The van der Waals surface area contributed by atoms with Crippen molar-refractivity contribution in [3.05, 3.63) is 59.7 Å². The Balaban J connectivity index is 1.68. The van der Waals surface area contributed by atoms with Crippen molar-refractivity contribution in [2.24, 2.45) is 0 Å². The zero-order valence-corrected chi connectivity index (χ0v) is 16.2. The van der Waals surface area contributed by atoms with Crippen molar-refractivity contribution < 1.29 is 28.7 Å². The lowest BCUT2D eigenvalue weighted by Crippen LogP contribution is -2.38. The molecule has 150 valence electrons. The first-order valence-corrected chi connectivity index (χ1v) is 8.92. The number of anilines is 1. The van der Waals surface area contributed by atoms with E-state index in [9.17, 15) is 19.2 Å². The number of carbonyl (C=O) groups is 4. The van der Waals surface area contributed by atoms with Crippen LogP contribution in [0.15, 0.2) is 48.5 Å². The molecule has 0 radical (unpaired) electrons. The molecule has 0 bridgehead atoms. The van der Waals surface area contributed by atoms with Gasteiger partial charge in [-0.2, -0.15) is 0 Å². The summed E-state index contributed by atoms with van der Waals surface area (Å²) in [4.78, 5) is 51.1. The fraction of sp³-hybridized carbons (Fsp3) is 0.238. The van der Waals surface area contributed by atoms with Crippen LogP contribution in [0.25, 0.3) is 0 Å². The topological polar surface area (TPSA) is 93.2 Å². The van der Waals surface area contributed by atoms with Crippen LogP contribution < -0.4 is 9.64 Å². The van der Waals surface area contributed by atoms with Crippen molar-refractivity contribution in [2.45, 2.75) is 19.9 Å². The molecular weight excluding hydrogens is 376 g/mol. The molecular formula is C21H20N2O6. The standard InChI is InChI=1S/C21H20N2O6/c1-13-4-8-16(9-5-13)23-14(2)19(25)22(21(23)27)12-18(24)29-17-10-6-15(7-11-17)20(26)28-3/h4-11,14H,12H2,1-3H3/t14-/m0/s1. The largest absolute Gasteiger partial charge is 0.465 e. The number of carbonyl (C=O) groups excluding carboxylic acids is 4. The fourth-order valence-electron chi connectivity index (χ4n) is 2.98. The van der Waals surface area contributed by atoms with Crippen LogP contribution in [0.2, 0.25) is 0 Å². The van der Waals surface area contributed by atoms with Gasteiger partial charge < -0.3 is 9.47 Å². The molecule has 0 saturated carbocycles. The molecule has 1 fully saturated rings. The number of amides is 3. The lowest BCUT2D eigenvalue weighted by atomic mass is 10.2. The molecule has 0 unspecified atom stereocenters. The van der Waals surface area contributed by atoms with Gasteiger partial charge in [0, 0.05) is 5.69 Å². The molecule has 2 aromatic rings. The van der Waals surface area contributed by atoms with E-state index in [1.807, 2.05) is 19.1 Å². The van der Waals surface area contributed by atoms with E-state index in [1.165, 1.54) is 36.3 Å². The highest BCUT2D eigenvalue weighted by atomic mass is 16.5. The van der Waals surface area contributed by atoms with Crippen LogP contribution in [0.4, 0.5) is 10.5 Å². The monoisotopic (exact) mass is 396 g/mol. The Kier molecular flexibility index (Phi) is 5.63. The highest BCUT2D eigenvalue weighted by Crippen LogP contribution is 2.26. The molecule has 3 rings (SSSR count). The Bertz CT molecular complexity index is 952. The molecule has 3 amide bonds. The Labute approximate surface area is 167 Å². The summed E-state index contributed by atoms with van der Waals surface area (Å²) in [6.07, 6.45) is 0. The van der Waals surface area contributed by atoms with Gasteiger partial charge in [-0.1, -0.05) is 17.7 Å². The predicted octanol–water partition coefficient (Wildman–Crippen LogP) is 2.54. The van der Waals surface area contributed by atoms with E-state index >= 15 is 0 Å². The fourth-order valence-corrected chi connectivity index (χ4v) is 2.98. The zero-order valence-electron chi connectivity index (χ0n) is 16.2. The van der Waals surface area contributed by atoms with E-state index in [0.717, 1.165) is 10.5 Å². The van der Waals surface area contributed by atoms with Crippen LogP contribution in [0.3, 0.4) is 0 Å². The summed E-state index contributed by atoms with van der Waals surface area (Å²) in [5.41, 5.74) is 1.91. The molecule has 1 atom stereocenters. The highest BCUT2D eigenvalue weighted by Gasteiger charge is 2.44. The maximum atomic E-state index is 12.7. The average Bonchev–Trinajstić information content (AvgIpc) is 2.92. The van der Waals surface area contributed by atoms with Crippen molar-refractivity contribution in [3.63, 3.8) is 0 Å². The van der Waals surface area contributed by atoms with E-state index in [-0.39, 0.29) is 5.75 Å². The van der Waals surface area contributed by atoms with Gasteiger partial charge >= 0.3 is 18.0 Å². The van der Waals surface area contributed by atoms with Gasteiger partial charge in [-0.3, -0.25) is 14.6 Å². The minimum Gasteiger partial charge on any atom is -0.465 e. The van der Waals surface area contributed by atoms with Gasteiger partial charge in [-0.15, -0.1) is 0 Å². The summed E-state index contributed by atoms with van der Waals surface area (Å²) in [6, 6.07) is 11.6. The van der Waals surface area contributed by atoms with Crippen LogP contribution >= 0.6 is 0 Å². The molecule has 8 nitrogen and oxygen atoms in total. The number of benzene rings is 2. The lowest BCUT2D eigenvalue weighted by molar-refractivity contribution is -0.139. The van der Waals surface area contributed by atoms with E-state index < -0.39 is 36.5 Å². The van der Waals surface area contributed by atoms with E-state index in [2.05, 4.69) is 4.74 Å². The van der Waals surface area contributed by atoms with Gasteiger partial charge in [0.2, 0.25) is 0 Å².